The number of halogens is 2. The first kappa shape index (κ1) is 16.5. The lowest BCUT2D eigenvalue weighted by Gasteiger charge is -2.29. The largest absolute Gasteiger partial charge is 0.458 e. The van der Waals surface area contributed by atoms with E-state index in [1.165, 1.54) is 6.92 Å². The highest BCUT2D eigenvalue weighted by molar-refractivity contribution is 5.93. The third-order valence-corrected chi connectivity index (χ3v) is 4.12. The van der Waals surface area contributed by atoms with Crippen LogP contribution in [0.2, 0.25) is 0 Å². The van der Waals surface area contributed by atoms with Crippen molar-refractivity contribution in [3.8, 4) is 11.6 Å². The van der Waals surface area contributed by atoms with Gasteiger partial charge in [-0.05, 0) is 31.9 Å². The quantitative estimate of drug-likeness (QED) is 0.847. The van der Waals surface area contributed by atoms with E-state index in [0.29, 0.717) is 36.0 Å². The molecule has 1 aliphatic rings. The third-order valence-electron chi connectivity index (χ3n) is 4.12. The topological polar surface area (TPSA) is 68.0 Å². The molecule has 0 atom stereocenters. The van der Waals surface area contributed by atoms with Crippen LogP contribution >= 0.6 is 0 Å². The van der Waals surface area contributed by atoms with Crippen LogP contribution in [0.4, 0.5) is 14.6 Å². The minimum absolute atomic E-state index is 0.0921. The summed E-state index contributed by atoms with van der Waals surface area (Å²) >= 11 is 0. The fourth-order valence-corrected chi connectivity index (χ4v) is 2.76. The van der Waals surface area contributed by atoms with Crippen molar-refractivity contribution in [2.24, 2.45) is 0 Å². The van der Waals surface area contributed by atoms with Crippen molar-refractivity contribution in [1.82, 2.24) is 9.97 Å². The standard InChI is InChI=1S/C17H19F2N3O2/c1-10-3-4-14(24-10)16-21-13(11(2)23)9-15(22-16)20-12-5-7-17(18,19)8-6-12/h3-4,9,12H,5-8H2,1-2H3,(H,20,21,22). The Hall–Kier alpha value is -2.31. The number of carbonyl (C=O) groups excluding carboxylic acids is 1. The zero-order valence-corrected chi connectivity index (χ0v) is 13.6. The first-order valence-electron chi connectivity index (χ1n) is 7.94. The molecule has 5 nitrogen and oxygen atoms in total. The van der Waals surface area contributed by atoms with Crippen molar-refractivity contribution in [1.29, 1.82) is 0 Å². The molecule has 1 fully saturated rings. The number of anilines is 1. The van der Waals surface area contributed by atoms with Gasteiger partial charge in [-0.1, -0.05) is 0 Å². The summed E-state index contributed by atoms with van der Waals surface area (Å²) in [7, 11) is 0. The predicted octanol–water partition coefficient (Wildman–Crippen LogP) is 4.24. The second-order valence-corrected chi connectivity index (χ2v) is 6.20. The minimum Gasteiger partial charge on any atom is -0.458 e. The van der Waals surface area contributed by atoms with E-state index in [1.807, 2.05) is 0 Å². The molecule has 0 bridgehead atoms. The molecule has 3 rings (SSSR count). The lowest BCUT2D eigenvalue weighted by molar-refractivity contribution is -0.0361. The van der Waals surface area contributed by atoms with Crippen molar-refractivity contribution >= 4 is 11.6 Å². The Morgan fingerprint density at radius 3 is 2.58 bits per heavy atom. The summed E-state index contributed by atoms with van der Waals surface area (Å²) in [6, 6.07) is 4.98. The van der Waals surface area contributed by atoms with Crippen LogP contribution in [0.3, 0.4) is 0 Å². The first-order chi connectivity index (χ1) is 11.3. The molecule has 0 radical (unpaired) electrons. The minimum atomic E-state index is -2.58. The Morgan fingerprint density at radius 1 is 1.29 bits per heavy atom. The number of aromatic nitrogens is 2. The molecule has 24 heavy (non-hydrogen) atoms. The van der Waals surface area contributed by atoms with Gasteiger partial charge in [-0.15, -0.1) is 0 Å². The highest BCUT2D eigenvalue weighted by atomic mass is 19.3. The summed E-state index contributed by atoms with van der Waals surface area (Å²) in [4.78, 5) is 20.3. The number of Topliss-reactive ketones (excluding diaryl/α,β-unsaturated/α-hetero) is 1. The van der Waals surface area contributed by atoms with E-state index in [2.05, 4.69) is 15.3 Å². The van der Waals surface area contributed by atoms with E-state index in [4.69, 9.17) is 4.42 Å². The molecule has 0 amide bonds. The summed E-state index contributed by atoms with van der Waals surface area (Å²) in [5, 5.41) is 3.15. The molecular formula is C17H19F2N3O2. The number of furan rings is 1. The molecule has 1 saturated carbocycles. The number of aryl methyl sites for hydroxylation is 1. The van der Waals surface area contributed by atoms with Gasteiger partial charge >= 0.3 is 0 Å². The van der Waals surface area contributed by atoms with Crippen molar-refractivity contribution < 1.29 is 18.0 Å². The van der Waals surface area contributed by atoms with E-state index in [0.717, 1.165) is 0 Å². The molecule has 2 heterocycles. The fraction of sp³-hybridized carbons (Fsp3) is 0.471. The van der Waals surface area contributed by atoms with Gasteiger partial charge < -0.3 is 9.73 Å². The number of alkyl halides is 2. The molecule has 0 aliphatic heterocycles. The van der Waals surface area contributed by atoms with Crippen LogP contribution in [0, 0.1) is 6.92 Å². The van der Waals surface area contributed by atoms with Crippen molar-refractivity contribution in [2.75, 3.05) is 5.32 Å². The molecule has 2 aromatic heterocycles. The summed E-state index contributed by atoms with van der Waals surface area (Å²) in [6.07, 6.45) is 0.447. The molecule has 0 aromatic carbocycles. The zero-order valence-electron chi connectivity index (χ0n) is 13.6. The molecule has 1 aliphatic carbocycles. The van der Waals surface area contributed by atoms with Gasteiger partial charge in [0.25, 0.3) is 0 Å². The molecule has 128 valence electrons. The zero-order chi connectivity index (χ0) is 17.3. The number of ketones is 1. The van der Waals surface area contributed by atoms with E-state index in [-0.39, 0.29) is 30.4 Å². The van der Waals surface area contributed by atoms with E-state index in [9.17, 15) is 13.6 Å². The number of carbonyl (C=O) groups is 1. The van der Waals surface area contributed by atoms with Gasteiger partial charge in [-0.3, -0.25) is 4.79 Å². The van der Waals surface area contributed by atoms with Crippen molar-refractivity contribution in [3.63, 3.8) is 0 Å². The van der Waals surface area contributed by atoms with Crippen molar-refractivity contribution in [2.45, 2.75) is 51.5 Å². The van der Waals surface area contributed by atoms with Gasteiger partial charge in [-0.25, -0.2) is 18.7 Å². The maximum Gasteiger partial charge on any atom is 0.248 e. The SMILES string of the molecule is CC(=O)c1cc(NC2CCC(F)(F)CC2)nc(-c2ccc(C)o2)n1. The molecule has 0 unspecified atom stereocenters. The van der Waals surface area contributed by atoms with Crippen LogP contribution in [0.15, 0.2) is 22.6 Å². The van der Waals surface area contributed by atoms with Crippen LogP contribution in [-0.2, 0) is 0 Å². The number of hydrogen-bond acceptors (Lipinski definition) is 5. The predicted molar refractivity (Wildman–Crippen MR) is 85.3 cm³/mol. The normalized spacial score (nSPS) is 17.7. The number of nitrogens with zero attached hydrogens (tertiary/aromatic N) is 2. The lowest BCUT2D eigenvalue weighted by atomic mass is 9.92. The van der Waals surface area contributed by atoms with Gasteiger partial charge in [0.2, 0.25) is 5.92 Å². The van der Waals surface area contributed by atoms with Gasteiger partial charge in [0.05, 0.1) is 0 Å². The average molecular weight is 335 g/mol. The highest BCUT2D eigenvalue weighted by Crippen LogP contribution is 2.34. The molecule has 0 spiro atoms. The van der Waals surface area contributed by atoms with E-state index >= 15 is 0 Å². The maximum absolute atomic E-state index is 13.3. The van der Waals surface area contributed by atoms with Gasteiger partial charge in [-0.2, -0.15) is 0 Å². The van der Waals surface area contributed by atoms with Crippen LogP contribution in [0.25, 0.3) is 11.6 Å². The fourth-order valence-electron chi connectivity index (χ4n) is 2.76. The Labute approximate surface area is 138 Å². The molecule has 0 saturated heterocycles. The van der Waals surface area contributed by atoms with Crippen molar-refractivity contribution in [3.05, 3.63) is 29.7 Å². The Balaban J connectivity index is 1.84. The summed E-state index contributed by atoms with van der Waals surface area (Å²) in [5.41, 5.74) is 0.262. The van der Waals surface area contributed by atoms with Gasteiger partial charge in [0, 0.05) is 31.9 Å². The number of nitrogens with one attached hydrogen (secondary N) is 1. The van der Waals surface area contributed by atoms with E-state index in [1.54, 1.807) is 25.1 Å². The molecule has 1 N–H and O–H groups in total. The maximum atomic E-state index is 13.3. The molecule has 7 heteroatoms. The number of rotatable bonds is 4. The van der Waals surface area contributed by atoms with Crippen LogP contribution < -0.4 is 5.32 Å². The second-order valence-electron chi connectivity index (χ2n) is 6.20. The second kappa shape index (κ2) is 6.30. The monoisotopic (exact) mass is 335 g/mol. The van der Waals surface area contributed by atoms with Crippen LogP contribution in [-0.4, -0.2) is 27.7 Å². The first-order valence-corrected chi connectivity index (χ1v) is 7.94. The van der Waals surface area contributed by atoms with Crippen LogP contribution in [0.1, 0.15) is 48.9 Å². The molecular weight excluding hydrogens is 316 g/mol. The van der Waals surface area contributed by atoms with Crippen LogP contribution in [0.5, 0.6) is 0 Å². The summed E-state index contributed by atoms with van der Waals surface area (Å²) in [6.45, 7) is 3.23. The number of hydrogen-bond donors (Lipinski definition) is 1. The van der Waals surface area contributed by atoms with E-state index < -0.39 is 5.92 Å². The molecule has 2 aromatic rings. The Morgan fingerprint density at radius 2 is 2.00 bits per heavy atom. The smallest absolute Gasteiger partial charge is 0.248 e. The highest BCUT2D eigenvalue weighted by Gasteiger charge is 2.35. The Bertz CT molecular complexity index is 748. The summed E-state index contributed by atoms with van der Waals surface area (Å²) in [5.74, 6) is -0.834. The van der Waals surface area contributed by atoms with Gasteiger partial charge in [0.1, 0.15) is 17.3 Å². The third kappa shape index (κ3) is 3.77. The van der Waals surface area contributed by atoms with Gasteiger partial charge in [0.15, 0.2) is 17.4 Å². The average Bonchev–Trinajstić information content (AvgIpc) is 2.96. The lowest BCUT2D eigenvalue weighted by Crippen LogP contribution is -2.32. The Kier molecular flexibility index (Phi) is 4.34. The summed E-state index contributed by atoms with van der Waals surface area (Å²) < 4.78 is 32.0.